The standard InChI is InChI=1S/C14H32N2OSi/c1-5-15(6-2)14(16(7-3)8-4)13-17-11-9-10-12-18/h10,12,14H,5-9,11,13H2,1-4,18H3. The van der Waals surface area contributed by atoms with Gasteiger partial charge in [-0.1, -0.05) is 33.8 Å². The molecule has 0 unspecified atom stereocenters. The van der Waals surface area contributed by atoms with Gasteiger partial charge in [0.15, 0.2) is 0 Å². The summed E-state index contributed by atoms with van der Waals surface area (Å²) < 4.78 is 5.85. The lowest BCUT2D eigenvalue weighted by atomic mass is 10.3. The van der Waals surface area contributed by atoms with Gasteiger partial charge < -0.3 is 4.74 Å². The zero-order valence-corrected chi connectivity index (χ0v) is 15.0. The van der Waals surface area contributed by atoms with Crippen molar-refractivity contribution in [1.82, 2.24) is 9.80 Å². The van der Waals surface area contributed by atoms with Gasteiger partial charge in [0.25, 0.3) is 0 Å². The van der Waals surface area contributed by atoms with E-state index in [-0.39, 0.29) is 0 Å². The first-order chi connectivity index (χ1) is 8.74. The van der Waals surface area contributed by atoms with Crippen LogP contribution in [0.3, 0.4) is 0 Å². The second-order valence-electron chi connectivity index (χ2n) is 4.36. The number of ether oxygens (including phenoxy) is 1. The SMILES string of the molecule is CCN(CC)C(COCCC=C[SiH3])N(CC)CC. The van der Waals surface area contributed by atoms with Gasteiger partial charge in [-0.2, -0.15) is 0 Å². The summed E-state index contributed by atoms with van der Waals surface area (Å²) in [7, 11) is 1.15. The highest BCUT2D eigenvalue weighted by Crippen LogP contribution is 2.07. The van der Waals surface area contributed by atoms with Crippen molar-refractivity contribution in [3.05, 3.63) is 11.8 Å². The van der Waals surface area contributed by atoms with Gasteiger partial charge in [-0.15, -0.1) is 5.70 Å². The van der Waals surface area contributed by atoms with Gasteiger partial charge in [0.05, 0.1) is 19.4 Å². The Morgan fingerprint density at radius 2 is 1.50 bits per heavy atom. The average Bonchev–Trinajstić information content (AvgIpc) is 2.40. The summed E-state index contributed by atoms with van der Waals surface area (Å²) in [5, 5.41) is 0. The van der Waals surface area contributed by atoms with Crippen LogP contribution >= 0.6 is 0 Å². The zero-order chi connectivity index (χ0) is 13.8. The number of rotatable bonds is 11. The van der Waals surface area contributed by atoms with Gasteiger partial charge in [0.1, 0.15) is 0 Å². The molecule has 0 N–H and O–H groups in total. The Bertz CT molecular complexity index is 192. The minimum absolute atomic E-state index is 0.426. The fourth-order valence-electron chi connectivity index (χ4n) is 2.24. The Balaban J connectivity index is 4.28. The summed E-state index contributed by atoms with van der Waals surface area (Å²) in [6.45, 7) is 14.9. The van der Waals surface area contributed by atoms with Gasteiger partial charge in [0, 0.05) is 10.2 Å². The minimum atomic E-state index is 0.426. The second kappa shape index (κ2) is 11.9. The molecule has 0 amide bonds. The first-order valence-corrected chi connectivity index (χ1v) is 8.57. The minimum Gasteiger partial charge on any atom is -0.378 e. The Morgan fingerprint density at radius 1 is 1.00 bits per heavy atom. The van der Waals surface area contributed by atoms with Crippen molar-refractivity contribution in [3.63, 3.8) is 0 Å². The van der Waals surface area contributed by atoms with Crippen LogP contribution in [-0.2, 0) is 4.74 Å². The first kappa shape index (κ1) is 17.8. The molecule has 0 spiro atoms. The van der Waals surface area contributed by atoms with E-state index in [1.54, 1.807) is 0 Å². The Morgan fingerprint density at radius 3 is 1.89 bits per heavy atom. The van der Waals surface area contributed by atoms with Gasteiger partial charge in [0.2, 0.25) is 0 Å². The molecular weight excluding hydrogens is 240 g/mol. The number of hydrogen-bond acceptors (Lipinski definition) is 3. The fourth-order valence-corrected chi connectivity index (χ4v) is 2.57. The molecule has 0 aromatic rings. The highest BCUT2D eigenvalue weighted by Gasteiger charge is 2.21. The molecule has 0 atom stereocenters. The van der Waals surface area contributed by atoms with Gasteiger partial charge in [-0.3, -0.25) is 9.80 Å². The van der Waals surface area contributed by atoms with Crippen molar-refractivity contribution >= 4 is 10.2 Å². The molecule has 18 heavy (non-hydrogen) atoms. The maximum atomic E-state index is 5.85. The Kier molecular flexibility index (Phi) is 11.8. The molecular formula is C14H32N2OSi. The van der Waals surface area contributed by atoms with Crippen LogP contribution in [0.5, 0.6) is 0 Å². The molecule has 0 aliphatic carbocycles. The Labute approximate surface area is 117 Å². The molecule has 0 aliphatic rings. The van der Waals surface area contributed by atoms with Gasteiger partial charge in [-0.05, 0) is 32.6 Å². The van der Waals surface area contributed by atoms with Crippen LogP contribution in [0.2, 0.25) is 0 Å². The predicted molar refractivity (Wildman–Crippen MR) is 84.1 cm³/mol. The fraction of sp³-hybridized carbons (Fsp3) is 0.857. The van der Waals surface area contributed by atoms with Crippen molar-refractivity contribution in [2.45, 2.75) is 40.3 Å². The maximum absolute atomic E-state index is 5.85. The molecule has 0 aromatic carbocycles. The molecule has 108 valence electrons. The van der Waals surface area contributed by atoms with Crippen molar-refractivity contribution in [2.24, 2.45) is 0 Å². The van der Waals surface area contributed by atoms with Crippen LogP contribution < -0.4 is 0 Å². The van der Waals surface area contributed by atoms with Crippen LogP contribution in [0.4, 0.5) is 0 Å². The van der Waals surface area contributed by atoms with Crippen LogP contribution in [0.1, 0.15) is 34.1 Å². The third-order valence-corrected chi connectivity index (χ3v) is 3.87. The highest BCUT2D eigenvalue weighted by molar-refractivity contribution is 6.16. The molecule has 0 saturated heterocycles. The first-order valence-electron chi connectivity index (χ1n) is 7.41. The van der Waals surface area contributed by atoms with E-state index in [1.165, 1.54) is 0 Å². The average molecular weight is 273 g/mol. The summed E-state index contributed by atoms with van der Waals surface area (Å²) in [6, 6.07) is 0. The topological polar surface area (TPSA) is 15.7 Å². The van der Waals surface area contributed by atoms with E-state index in [0.29, 0.717) is 6.17 Å². The van der Waals surface area contributed by atoms with E-state index in [0.717, 1.165) is 56.1 Å². The number of hydrogen-bond donors (Lipinski definition) is 0. The van der Waals surface area contributed by atoms with Crippen LogP contribution in [0.15, 0.2) is 11.8 Å². The Hall–Kier alpha value is -0.163. The van der Waals surface area contributed by atoms with Crippen molar-refractivity contribution < 1.29 is 4.74 Å². The lowest BCUT2D eigenvalue weighted by molar-refractivity contribution is -0.0171. The molecule has 0 rings (SSSR count). The van der Waals surface area contributed by atoms with E-state index in [9.17, 15) is 0 Å². The van der Waals surface area contributed by atoms with Crippen molar-refractivity contribution in [3.8, 4) is 0 Å². The van der Waals surface area contributed by atoms with Crippen molar-refractivity contribution in [1.29, 1.82) is 0 Å². The summed E-state index contributed by atoms with van der Waals surface area (Å²) >= 11 is 0. The molecule has 0 aliphatic heterocycles. The third-order valence-electron chi connectivity index (χ3n) is 3.40. The number of nitrogens with zero attached hydrogens (tertiary/aromatic N) is 2. The normalized spacial score (nSPS) is 12.6. The van der Waals surface area contributed by atoms with Crippen LogP contribution in [0.25, 0.3) is 0 Å². The molecule has 0 bridgehead atoms. The van der Waals surface area contributed by atoms with E-state index in [1.807, 2.05) is 0 Å². The maximum Gasteiger partial charge on any atom is 0.0863 e. The summed E-state index contributed by atoms with van der Waals surface area (Å²) in [6.07, 6.45) is 3.69. The number of likely N-dealkylation sites (N-methyl/N-ethyl adjacent to an activating group) is 2. The second-order valence-corrected chi connectivity index (χ2v) is 5.02. The smallest absolute Gasteiger partial charge is 0.0863 e. The molecule has 3 nitrogen and oxygen atoms in total. The zero-order valence-electron chi connectivity index (χ0n) is 13.0. The van der Waals surface area contributed by atoms with Crippen LogP contribution in [0, 0.1) is 0 Å². The summed E-state index contributed by atoms with van der Waals surface area (Å²) in [5.74, 6) is 0. The largest absolute Gasteiger partial charge is 0.378 e. The molecule has 0 heterocycles. The van der Waals surface area contributed by atoms with E-state index < -0.39 is 0 Å². The van der Waals surface area contributed by atoms with E-state index in [4.69, 9.17) is 4.74 Å². The predicted octanol–water partition coefficient (Wildman–Crippen LogP) is 1.28. The molecule has 0 radical (unpaired) electrons. The van der Waals surface area contributed by atoms with Crippen molar-refractivity contribution in [2.75, 3.05) is 39.4 Å². The van der Waals surface area contributed by atoms with Crippen LogP contribution in [-0.4, -0.2) is 65.6 Å². The molecule has 0 fully saturated rings. The third kappa shape index (κ3) is 6.68. The molecule has 4 heteroatoms. The quantitative estimate of drug-likeness (QED) is 0.320. The molecule has 0 aromatic heterocycles. The van der Waals surface area contributed by atoms with Gasteiger partial charge >= 0.3 is 0 Å². The molecule has 0 saturated carbocycles. The van der Waals surface area contributed by atoms with Gasteiger partial charge in [-0.25, -0.2) is 0 Å². The lowest BCUT2D eigenvalue weighted by Crippen LogP contribution is -2.51. The summed E-state index contributed by atoms with van der Waals surface area (Å²) in [4.78, 5) is 4.96. The monoisotopic (exact) mass is 272 g/mol. The summed E-state index contributed by atoms with van der Waals surface area (Å²) in [5.41, 5.74) is 2.22. The van der Waals surface area contributed by atoms with E-state index >= 15 is 0 Å². The lowest BCUT2D eigenvalue weighted by Gasteiger charge is -2.37. The van der Waals surface area contributed by atoms with E-state index in [2.05, 4.69) is 49.3 Å². The highest BCUT2D eigenvalue weighted by atomic mass is 28.1.